The van der Waals surface area contributed by atoms with E-state index in [1.54, 1.807) is 10.9 Å². The van der Waals surface area contributed by atoms with Crippen molar-refractivity contribution in [2.24, 2.45) is 0 Å². The summed E-state index contributed by atoms with van der Waals surface area (Å²) in [6, 6.07) is 18.7. The third kappa shape index (κ3) is 4.71. The van der Waals surface area contributed by atoms with Gasteiger partial charge in [-0.25, -0.2) is 4.68 Å². The van der Waals surface area contributed by atoms with Crippen LogP contribution in [0.5, 0.6) is 0 Å². The smallest absolute Gasteiger partial charge is 0.380 e. The molecule has 0 fully saturated rings. The topological polar surface area (TPSA) is 58.4 Å². The fourth-order valence-corrected chi connectivity index (χ4v) is 2.95. The van der Waals surface area contributed by atoms with Crippen LogP contribution >= 0.6 is 0 Å². The minimum absolute atomic E-state index is 0.0455. The first kappa shape index (κ1) is 21.6. The zero-order valence-corrected chi connectivity index (χ0v) is 16.6. The molecule has 1 heterocycles. The van der Waals surface area contributed by atoms with E-state index in [1.807, 2.05) is 60.7 Å². The second kappa shape index (κ2) is 8.31. The van der Waals surface area contributed by atoms with Crippen molar-refractivity contribution < 1.29 is 23.1 Å². The van der Waals surface area contributed by atoms with Crippen LogP contribution in [-0.4, -0.2) is 44.5 Å². The molecule has 0 unspecified atom stereocenters. The average Bonchev–Trinajstić information content (AvgIpc) is 3.12. The van der Waals surface area contributed by atoms with Gasteiger partial charge in [-0.1, -0.05) is 48.5 Å². The summed E-state index contributed by atoms with van der Waals surface area (Å²) >= 11 is 0. The second-order valence-electron chi connectivity index (χ2n) is 7.35. The molecule has 0 aliphatic heterocycles. The van der Waals surface area contributed by atoms with Crippen molar-refractivity contribution in [1.82, 2.24) is 14.7 Å². The Morgan fingerprint density at radius 3 is 2.20 bits per heavy atom. The van der Waals surface area contributed by atoms with Gasteiger partial charge in [-0.2, -0.15) is 18.3 Å². The van der Waals surface area contributed by atoms with Gasteiger partial charge in [-0.3, -0.25) is 4.79 Å². The van der Waals surface area contributed by atoms with E-state index < -0.39 is 24.1 Å². The first-order valence-corrected chi connectivity index (χ1v) is 9.31. The van der Waals surface area contributed by atoms with Crippen LogP contribution in [0, 0.1) is 0 Å². The molecule has 0 saturated heterocycles. The number of benzene rings is 2. The maximum absolute atomic E-state index is 12.9. The first-order valence-electron chi connectivity index (χ1n) is 9.31. The number of aromatic nitrogens is 2. The quantitative estimate of drug-likeness (QED) is 0.654. The summed E-state index contributed by atoms with van der Waals surface area (Å²) in [5, 5.41) is 14.3. The Morgan fingerprint density at radius 1 is 1.07 bits per heavy atom. The molecule has 3 aromatic rings. The average molecular weight is 417 g/mol. The molecule has 0 radical (unpaired) electrons. The molecule has 0 spiro atoms. The summed E-state index contributed by atoms with van der Waals surface area (Å²) in [7, 11) is 1.41. The Bertz CT molecular complexity index is 999. The van der Waals surface area contributed by atoms with E-state index in [-0.39, 0.29) is 6.54 Å². The number of amides is 1. The predicted molar refractivity (Wildman–Crippen MR) is 107 cm³/mol. The number of rotatable bonds is 6. The Hall–Kier alpha value is -3.13. The highest BCUT2D eigenvalue weighted by atomic mass is 19.4. The van der Waals surface area contributed by atoms with Gasteiger partial charge in [0.1, 0.15) is 0 Å². The minimum atomic E-state index is -4.89. The number of alkyl halides is 3. The van der Waals surface area contributed by atoms with Gasteiger partial charge in [0.15, 0.2) is 5.60 Å². The molecule has 0 aliphatic carbocycles. The van der Waals surface area contributed by atoms with Crippen molar-refractivity contribution in [2.75, 3.05) is 7.05 Å². The Morgan fingerprint density at radius 2 is 1.63 bits per heavy atom. The van der Waals surface area contributed by atoms with Crippen LogP contribution in [0.4, 0.5) is 13.2 Å². The van der Waals surface area contributed by atoms with Crippen molar-refractivity contribution in [3.63, 3.8) is 0 Å². The lowest BCUT2D eigenvalue weighted by Gasteiger charge is -2.28. The van der Waals surface area contributed by atoms with Crippen LogP contribution in [0.3, 0.4) is 0 Å². The molecule has 1 atom stereocenters. The van der Waals surface area contributed by atoms with Gasteiger partial charge in [0, 0.05) is 30.9 Å². The van der Waals surface area contributed by atoms with E-state index in [9.17, 15) is 23.1 Å². The molecule has 8 heteroatoms. The zero-order valence-electron chi connectivity index (χ0n) is 16.6. The van der Waals surface area contributed by atoms with Gasteiger partial charge in [0.05, 0.1) is 17.8 Å². The third-order valence-electron chi connectivity index (χ3n) is 4.80. The van der Waals surface area contributed by atoms with Crippen LogP contribution in [0.1, 0.15) is 18.9 Å². The number of para-hydroxylation sites is 1. The van der Waals surface area contributed by atoms with E-state index >= 15 is 0 Å². The van der Waals surface area contributed by atoms with Crippen molar-refractivity contribution in [3.05, 3.63) is 72.4 Å². The molecule has 0 saturated carbocycles. The lowest BCUT2D eigenvalue weighted by atomic mass is 10.0. The van der Waals surface area contributed by atoms with E-state index in [0.29, 0.717) is 18.2 Å². The second-order valence-corrected chi connectivity index (χ2v) is 7.35. The van der Waals surface area contributed by atoms with Gasteiger partial charge < -0.3 is 10.0 Å². The number of aliphatic hydroxyl groups is 1. The predicted octanol–water partition coefficient (Wildman–Crippen LogP) is 4.20. The Labute approximate surface area is 172 Å². The fraction of sp³-hybridized carbons (Fsp3) is 0.273. The van der Waals surface area contributed by atoms with E-state index in [0.717, 1.165) is 11.3 Å². The highest BCUT2D eigenvalue weighted by Crippen LogP contribution is 2.33. The van der Waals surface area contributed by atoms with Crippen molar-refractivity contribution in [1.29, 1.82) is 0 Å². The van der Waals surface area contributed by atoms with Crippen LogP contribution in [0.25, 0.3) is 16.9 Å². The van der Waals surface area contributed by atoms with Gasteiger partial charge in [0.2, 0.25) is 5.91 Å². The van der Waals surface area contributed by atoms with E-state index in [4.69, 9.17) is 0 Å². The van der Waals surface area contributed by atoms with Crippen molar-refractivity contribution in [2.45, 2.75) is 31.7 Å². The number of hydrogen-bond donors (Lipinski definition) is 1. The standard InChI is InChI=1S/C22H22F3N3O2/c1-21(30,22(23,24)25)13-19(29)27(2)14-17-15-28(18-11-7-4-8-12-18)26-20(17)16-9-5-3-6-10-16/h3-12,15,30H,13-14H2,1-2H3/t21-/m0/s1. The molecular formula is C22H22F3N3O2. The van der Waals surface area contributed by atoms with Gasteiger partial charge in [-0.15, -0.1) is 0 Å². The lowest BCUT2D eigenvalue weighted by Crippen LogP contribution is -2.46. The summed E-state index contributed by atoms with van der Waals surface area (Å²) in [5.74, 6) is -0.816. The molecular weight excluding hydrogens is 395 g/mol. The van der Waals surface area contributed by atoms with Crippen LogP contribution in [-0.2, 0) is 11.3 Å². The maximum atomic E-state index is 12.9. The van der Waals surface area contributed by atoms with Gasteiger partial charge >= 0.3 is 6.18 Å². The van der Waals surface area contributed by atoms with Crippen LogP contribution in [0.2, 0.25) is 0 Å². The minimum Gasteiger partial charge on any atom is -0.380 e. The van der Waals surface area contributed by atoms with E-state index in [1.165, 1.54) is 11.9 Å². The Balaban J connectivity index is 1.89. The van der Waals surface area contributed by atoms with Gasteiger partial charge in [0.25, 0.3) is 0 Å². The third-order valence-corrected chi connectivity index (χ3v) is 4.80. The zero-order chi connectivity index (χ0) is 21.9. The molecule has 1 amide bonds. The normalized spacial score (nSPS) is 13.7. The lowest BCUT2D eigenvalue weighted by molar-refractivity contribution is -0.254. The number of carbonyl (C=O) groups is 1. The summed E-state index contributed by atoms with van der Waals surface area (Å²) in [5.41, 5.74) is -0.149. The first-order chi connectivity index (χ1) is 14.1. The number of carbonyl (C=O) groups excluding carboxylic acids is 1. The largest absolute Gasteiger partial charge is 0.417 e. The Kier molecular flexibility index (Phi) is 5.98. The summed E-state index contributed by atoms with van der Waals surface area (Å²) in [4.78, 5) is 13.5. The fourth-order valence-electron chi connectivity index (χ4n) is 2.95. The molecule has 3 rings (SSSR count). The molecule has 0 aliphatic rings. The van der Waals surface area contributed by atoms with Gasteiger partial charge in [-0.05, 0) is 19.1 Å². The molecule has 0 bridgehead atoms. The molecule has 2 aromatic carbocycles. The highest BCUT2D eigenvalue weighted by Gasteiger charge is 2.51. The number of hydrogen-bond acceptors (Lipinski definition) is 3. The monoisotopic (exact) mass is 417 g/mol. The van der Waals surface area contributed by atoms with Crippen molar-refractivity contribution in [3.8, 4) is 16.9 Å². The molecule has 1 aromatic heterocycles. The van der Waals surface area contributed by atoms with Crippen LogP contribution in [0.15, 0.2) is 66.9 Å². The molecule has 158 valence electrons. The summed E-state index contributed by atoms with van der Waals surface area (Å²) < 4.78 is 40.4. The van der Waals surface area contributed by atoms with Crippen LogP contribution < -0.4 is 0 Å². The molecule has 5 nitrogen and oxygen atoms in total. The molecule has 30 heavy (non-hydrogen) atoms. The highest BCUT2D eigenvalue weighted by molar-refractivity contribution is 5.77. The SMILES string of the molecule is CN(Cc1cn(-c2ccccc2)nc1-c1ccccc1)C(=O)C[C@](C)(O)C(F)(F)F. The summed E-state index contributed by atoms with van der Waals surface area (Å²) in [6.07, 6.45) is -4.19. The summed E-state index contributed by atoms with van der Waals surface area (Å²) in [6.45, 7) is 0.644. The maximum Gasteiger partial charge on any atom is 0.417 e. The van der Waals surface area contributed by atoms with Crippen molar-refractivity contribution >= 4 is 5.91 Å². The number of halogens is 3. The molecule has 1 N–H and O–H groups in total. The number of nitrogens with zero attached hydrogens (tertiary/aromatic N) is 3. The van der Waals surface area contributed by atoms with E-state index in [2.05, 4.69) is 5.10 Å².